The molecule has 0 bridgehead atoms. The van der Waals surface area contributed by atoms with E-state index in [4.69, 9.17) is 11.6 Å². The van der Waals surface area contributed by atoms with Crippen molar-refractivity contribution >= 4 is 34.6 Å². The zero-order chi connectivity index (χ0) is 16.9. The van der Waals surface area contributed by atoms with E-state index in [-0.39, 0.29) is 5.91 Å². The Labute approximate surface area is 145 Å². The smallest absolute Gasteiger partial charge is 0.274 e. The molecule has 4 nitrogen and oxygen atoms in total. The summed E-state index contributed by atoms with van der Waals surface area (Å²) in [7, 11) is 0. The number of nitrogens with one attached hydrogen (secondary N) is 2. The van der Waals surface area contributed by atoms with Crippen molar-refractivity contribution < 1.29 is 4.79 Å². The molecule has 0 atom stereocenters. The number of rotatable bonds is 4. The van der Waals surface area contributed by atoms with Crippen LogP contribution in [0.15, 0.2) is 66.9 Å². The van der Waals surface area contributed by atoms with Gasteiger partial charge in [0.1, 0.15) is 5.69 Å². The van der Waals surface area contributed by atoms with Crippen molar-refractivity contribution in [1.29, 1.82) is 0 Å². The standard InChI is InChI=1S/C19H16ClN3O/c1-13-5-2-3-8-17(13)22-16-9-10-18(21-12-16)19(24)23-15-7-4-6-14(20)11-15/h2-12,22H,1H3,(H,23,24). The number of aryl methyl sites for hydroxylation is 1. The van der Waals surface area contributed by atoms with E-state index >= 15 is 0 Å². The van der Waals surface area contributed by atoms with Gasteiger partial charge in [0.2, 0.25) is 0 Å². The lowest BCUT2D eigenvalue weighted by Gasteiger charge is -2.09. The molecule has 24 heavy (non-hydrogen) atoms. The number of pyridine rings is 1. The highest BCUT2D eigenvalue weighted by molar-refractivity contribution is 6.30. The molecule has 3 rings (SSSR count). The number of carbonyl (C=O) groups is 1. The molecule has 0 saturated carbocycles. The van der Waals surface area contributed by atoms with Crippen molar-refractivity contribution in [3.05, 3.63) is 83.1 Å². The Morgan fingerprint density at radius 3 is 2.54 bits per heavy atom. The van der Waals surface area contributed by atoms with Crippen LogP contribution in [-0.4, -0.2) is 10.9 Å². The summed E-state index contributed by atoms with van der Waals surface area (Å²) >= 11 is 5.91. The van der Waals surface area contributed by atoms with Gasteiger partial charge in [0.25, 0.3) is 5.91 Å². The minimum Gasteiger partial charge on any atom is -0.354 e. The number of para-hydroxylation sites is 1. The summed E-state index contributed by atoms with van der Waals surface area (Å²) in [5.41, 5.74) is 3.95. The SMILES string of the molecule is Cc1ccccc1Nc1ccc(C(=O)Nc2cccc(Cl)c2)nc1. The number of hydrogen-bond donors (Lipinski definition) is 2. The van der Waals surface area contributed by atoms with Crippen molar-refractivity contribution in [3.8, 4) is 0 Å². The van der Waals surface area contributed by atoms with Crippen LogP contribution in [0.5, 0.6) is 0 Å². The van der Waals surface area contributed by atoms with Crippen LogP contribution in [0.4, 0.5) is 17.1 Å². The molecule has 0 aliphatic rings. The van der Waals surface area contributed by atoms with Crippen LogP contribution in [-0.2, 0) is 0 Å². The molecule has 3 aromatic rings. The normalized spacial score (nSPS) is 10.2. The second-order valence-electron chi connectivity index (χ2n) is 5.34. The fourth-order valence-corrected chi connectivity index (χ4v) is 2.42. The zero-order valence-electron chi connectivity index (χ0n) is 13.1. The Hall–Kier alpha value is -2.85. The first-order valence-electron chi connectivity index (χ1n) is 7.47. The van der Waals surface area contributed by atoms with E-state index in [0.717, 1.165) is 16.9 Å². The molecule has 2 N–H and O–H groups in total. The largest absolute Gasteiger partial charge is 0.354 e. The van der Waals surface area contributed by atoms with Crippen LogP contribution in [0, 0.1) is 6.92 Å². The quantitative estimate of drug-likeness (QED) is 0.701. The summed E-state index contributed by atoms with van der Waals surface area (Å²) in [5, 5.41) is 6.62. The third kappa shape index (κ3) is 3.91. The van der Waals surface area contributed by atoms with Crippen molar-refractivity contribution in [1.82, 2.24) is 4.98 Å². The summed E-state index contributed by atoms with van der Waals surface area (Å²) in [5.74, 6) is -0.278. The third-order valence-corrected chi connectivity index (χ3v) is 3.74. The molecule has 120 valence electrons. The summed E-state index contributed by atoms with van der Waals surface area (Å²) in [6.45, 7) is 2.03. The Bertz CT molecular complexity index is 862. The number of amides is 1. The number of benzene rings is 2. The summed E-state index contributed by atoms with van der Waals surface area (Å²) < 4.78 is 0. The van der Waals surface area contributed by atoms with E-state index in [2.05, 4.69) is 15.6 Å². The lowest BCUT2D eigenvalue weighted by atomic mass is 10.2. The minimum atomic E-state index is -0.278. The first-order valence-corrected chi connectivity index (χ1v) is 7.85. The molecule has 5 heteroatoms. The Kier molecular flexibility index (Phi) is 4.77. The maximum Gasteiger partial charge on any atom is 0.274 e. The average Bonchev–Trinajstić information content (AvgIpc) is 2.57. The van der Waals surface area contributed by atoms with Crippen LogP contribution in [0.1, 0.15) is 16.1 Å². The van der Waals surface area contributed by atoms with Gasteiger partial charge in [-0.1, -0.05) is 35.9 Å². The fourth-order valence-electron chi connectivity index (χ4n) is 2.23. The van der Waals surface area contributed by atoms with E-state index in [1.807, 2.05) is 37.3 Å². The fraction of sp³-hybridized carbons (Fsp3) is 0.0526. The van der Waals surface area contributed by atoms with Crippen LogP contribution >= 0.6 is 11.6 Å². The van der Waals surface area contributed by atoms with Gasteiger partial charge in [-0.2, -0.15) is 0 Å². The number of hydrogen-bond acceptors (Lipinski definition) is 3. The molecule has 1 amide bonds. The number of anilines is 3. The van der Waals surface area contributed by atoms with Crippen LogP contribution < -0.4 is 10.6 Å². The maximum absolute atomic E-state index is 12.2. The van der Waals surface area contributed by atoms with E-state index in [1.165, 1.54) is 0 Å². The van der Waals surface area contributed by atoms with Gasteiger partial charge in [0.15, 0.2) is 0 Å². The highest BCUT2D eigenvalue weighted by atomic mass is 35.5. The summed E-state index contributed by atoms with van der Waals surface area (Å²) in [4.78, 5) is 16.4. The molecule has 1 heterocycles. The number of aromatic nitrogens is 1. The molecule has 1 aromatic heterocycles. The lowest BCUT2D eigenvalue weighted by Crippen LogP contribution is -2.13. The van der Waals surface area contributed by atoms with Gasteiger partial charge in [-0.15, -0.1) is 0 Å². The number of halogens is 1. The number of nitrogens with zero attached hydrogens (tertiary/aromatic N) is 1. The first kappa shape index (κ1) is 16.0. The van der Waals surface area contributed by atoms with Crippen molar-refractivity contribution in [2.45, 2.75) is 6.92 Å². The molecule has 0 fully saturated rings. The third-order valence-electron chi connectivity index (χ3n) is 3.50. The molecular weight excluding hydrogens is 322 g/mol. The zero-order valence-corrected chi connectivity index (χ0v) is 13.8. The second kappa shape index (κ2) is 7.15. The van der Waals surface area contributed by atoms with Gasteiger partial charge in [0, 0.05) is 16.4 Å². The second-order valence-corrected chi connectivity index (χ2v) is 5.77. The van der Waals surface area contributed by atoms with Crippen molar-refractivity contribution in [3.63, 3.8) is 0 Å². The summed E-state index contributed by atoms with van der Waals surface area (Å²) in [6, 6.07) is 18.5. The van der Waals surface area contributed by atoms with E-state index in [0.29, 0.717) is 16.4 Å². The van der Waals surface area contributed by atoms with Crippen molar-refractivity contribution in [2.75, 3.05) is 10.6 Å². The summed E-state index contributed by atoms with van der Waals surface area (Å²) in [6.07, 6.45) is 1.64. The number of carbonyl (C=O) groups excluding carboxylic acids is 1. The molecule has 2 aromatic carbocycles. The highest BCUT2D eigenvalue weighted by Gasteiger charge is 2.08. The first-order chi connectivity index (χ1) is 11.6. The van der Waals surface area contributed by atoms with Crippen molar-refractivity contribution in [2.24, 2.45) is 0 Å². The minimum absolute atomic E-state index is 0.278. The van der Waals surface area contributed by atoms with Crippen LogP contribution in [0.25, 0.3) is 0 Å². The monoisotopic (exact) mass is 337 g/mol. The molecule has 0 spiro atoms. The molecule has 0 saturated heterocycles. The Morgan fingerprint density at radius 2 is 1.83 bits per heavy atom. The lowest BCUT2D eigenvalue weighted by molar-refractivity contribution is 0.102. The predicted molar refractivity (Wildman–Crippen MR) is 98.1 cm³/mol. The van der Waals surface area contributed by atoms with Gasteiger partial charge < -0.3 is 10.6 Å². The predicted octanol–water partition coefficient (Wildman–Crippen LogP) is 5.04. The van der Waals surface area contributed by atoms with Gasteiger partial charge in [-0.25, -0.2) is 4.98 Å². The molecule has 0 unspecified atom stereocenters. The van der Waals surface area contributed by atoms with Gasteiger partial charge >= 0.3 is 0 Å². The average molecular weight is 338 g/mol. The molecular formula is C19H16ClN3O. The van der Waals surface area contributed by atoms with E-state index in [1.54, 1.807) is 36.5 Å². The van der Waals surface area contributed by atoms with E-state index in [9.17, 15) is 4.79 Å². The Morgan fingerprint density at radius 1 is 1.00 bits per heavy atom. The van der Waals surface area contributed by atoms with Gasteiger partial charge in [-0.05, 0) is 48.9 Å². The van der Waals surface area contributed by atoms with E-state index < -0.39 is 0 Å². The molecule has 0 aliphatic heterocycles. The molecule has 0 radical (unpaired) electrons. The van der Waals surface area contributed by atoms with Gasteiger partial charge in [0.05, 0.1) is 11.9 Å². The van der Waals surface area contributed by atoms with Crippen LogP contribution in [0.3, 0.4) is 0 Å². The highest BCUT2D eigenvalue weighted by Crippen LogP contribution is 2.20. The molecule has 0 aliphatic carbocycles. The van der Waals surface area contributed by atoms with Gasteiger partial charge in [-0.3, -0.25) is 4.79 Å². The van der Waals surface area contributed by atoms with Crippen LogP contribution in [0.2, 0.25) is 5.02 Å². The topological polar surface area (TPSA) is 54.0 Å². The Balaban J connectivity index is 1.70. The maximum atomic E-state index is 12.2.